The van der Waals surface area contributed by atoms with Crippen molar-refractivity contribution >= 4 is 18.8 Å². The first-order valence-corrected chi connectivity index (χ1v) is 11.7. The fraction of sp³-hybridized carbons (Fsp3) is 0.450. The van der Waals surface area contributed by atoms with Crippen LogP contribution in [0.2, 0.25) is 0 Å². The second kappa shape index (κ2) is 8.22. The zero-order valence-electron chi connectivity index (χ0n) is 16.3. The zero-order valence-corrected chi connectivity index (χ0v) is 17.2. The fourth-order valence-electron chi connectivity index (χ4n) is 4.17. The molecule has 1 aliphatic carbocycles. The second-order valence-corrected chi connectivity index (χ2v) is 9.25. The van der Waals surface area contributed by atoms with Gasteiger partial charge < -0.3 is 14.5 Å². The molecule has 1 aromatic carbocycles. The standard InChI is InChI=1S/C20H25N4O4P/c1-2-28-20-18-19(21-12-22-20)24(13-23-18)17-9-7-16(8-10-17)15-5-3-14(4-6-15)11-29(25,26)27/h7-10,12-15H,2-6,11H2,1H3,(H2,25,26,27). The van der Waals surface area contributed by atoms with E-state index in [0.717, 1.165) is 31.4 Å². The summed E-state index contributed by atoms with van der Waals surface area (Å²) < 4.78 is 18.7. The van der Waals surface area contributed by atoms with Gasteiger partial charge in [-0.25, -0.2) is 9.97 Å². The second-order valence-electron chi connectivity index (χ2n) is 7.56. The van der Waals surface area contributed by atoms with E-state index < -0.39 is 7.60 Å². The molecule has 1 aliphatic rings. The molecule has 2 N–H and O–H groups in total. The molecule has 8 nitrogen and oxygen atoms in total. The Bertz CT molecular complexity index is 1020. The molecule has 0 spiro atoms. The number of hydrogen-bond acceptors (Lipinski definition) is 5. The monoisotopic (exact) mass is 416 g/mol. The van der Waals surface area contributed by atoms with Crippen molar-refractivity contribution in [2.45, 2.75) is 38.5 Å². The van der Waals surface area contributed by atoms with Crippen LogP contribution < -0.4 is 4.74 Å². The van der Waals surface area contributed by atoms with Crippen molar-refractivity contribution in [2.24, 2.45) is 5.92 Å². The molecule has 0 radical (unpaired) electrons. The van der Waals surface area contributed by atoms with E-state index in [1.165, 1.54) is 11.9 Å². The van der Waals surface area contributed by atoms with Crippen molar-refractivity contribution in [3.8, 4) is 11.6 Å². The third kappa shape index (κ3) is 4.50. The molecule has 3 aromatic rings. The van der Waals surface area contributed by atoms with Crippen LogP contribution in [0, 0.1) is 5.92 Å². The highest BCUT2D eigenvalue weighted by Crippen LogP contribution is 2.44. The Balaban J connectivity index is 1.49. The molecule has 29 heavy (non-hydrogen) atoms. The predicted molar refractivity (Wildman–Crippen MR) is 109 cm³/mol. The third-order valence-electron chi connectivity index (χ3n) is 5.57. The Hall–Kier alpha value is -2.28. The number of benzene rings is 1. The van der Waals surface area contributed by atoms with Crippen LogP contribution in [0.5, 0.6) is 5.88 Å². The van der Waals surface area contributed by atoms with E-state index >= 15 is 0 Å². The summed E-state index contributed by atoms with van der Waals surface area (Å²) in [6, 6.07) is 8.36. The first-order valence-electron chi connectivity index (χ1n) is 9.90. The number of fused-ring (bicyclic) bond motifs is 1. The van der Waals surface area contributed by atoms with Gasteiger partial charge in [0.25, 0.3) is 0 Å². The maximum Gasteiger partial charge on any atom is 0.325 e. The van der Waals surface area contributed by atoms with Crippen molar-refractivity contribution in [3.63, 3.8) is 0 Å². The summed E-state index contributed by atoms with van der Waals surface area (Å²) in [7, 11) is -3.92. The Morgan fingerprint density at radius 3 is 2.48 bits per heavy atom. The molecule has 1 fully saturated rings. The molecule has 0 atom stereocenters. The maximum absolute atomic E-state index is 11.2. The Kier molecular flexibility index (Phi) is 5.67. The highest BCUT2D eigenvalue weighted by atomic mass is 31.2. The van der Waals surface area contributed by atoms with Gasteiger partial charge in [-0.3, -0.25) is 9.13 Å². The van der Waals surface area contributed by atoms with E-state index in [2.05, 4.69) is 39.2 Å². The SMILES string of the molecule is CCOc1ncnc2c1ncn2-c1ccc(C2CCC(CP(=O)(O)O)CC2)cc1. The van der Waals surface area contributed by atoms with Crippen LogP contribution in [0.4, 0.5) is 0 Å². The summed E-state index contributed by atoms with van der Waals surface area (Å²) in [5.74, 6) is 1.05. The fourth-order valence-corrected chi connectivity index (χ4v) is 5.20. The minimum Gasteiger partial charge on any atom is -0.476 e. The van der Waals surface area contributed by atoms with Crippen molar-refractivity contribution in [1.82, 2.24) is 19.5 Å². The number of imidazole rings is 1. The molecule has 2 heterocycles. The van der Waals surface area contributed by atoms with Gasteiger partial charge in [-0.2, -0.15) is 4.98 Å². The molecular weight excluding hydrogens is 391 g/mol. The number of aromatic nitrogens is 4. The van der Waals surface area contributed by atoms with Crippen LogP contribution in [0.15, 0.2) is 36.9 Å². The molecular formula is C20H25N4O4P. The lowest BCUT2D eigenvalue weighted by Gasteiger charge is -2.29. The first-order chi connectivity index (χ1) is 13.9. The lowest BCUT2D eigenvalue weighted by molar-refractivity contribution is 0.316. The van der Waals surface area contributed by atoms with Crippen molar-refractivity contribution in [1.29, 1.82) is 0 Å². The molecule has 0 unspecified atom stereocenters. The quantitative estimate of drug-likeness (QED) is 0.590. The molecule has 4 rings (SSSR count). The predicted octanol–water partition coefficient (Wildman–Crippen LogP) is 3.67. The van der Waals surface area contributed by atoms with Gasteiger partial charge in [0.15, 0.2) is 11.2 Å². The van der Waals surface area contributed by atoms with E-state index in [-0.39, 0.29) is 12.1 Å². The van der Waals surface area contributed by atoms with Gasteiger partial charge in [0, 0.05) is 5.69 Å². The van der Waals surface area contributed by atoms with E-state index in [1.54, 1.807) is 6.33 Å². The molecule has 0 amide bonds. The van der Waals surface area contributed by atoms with Gasteiger partial charge in [-0.1, -0.05) is 12.1 Å². The molecule has 154 valence electrons. The van der Waals surface area contributed by atoms with Crippen LogP contribution in [-0.4, -0.2) is 42.1 Å². The lowest BCUT2D eigenvalue weighted by atomic mass is 9.79. The van der Waals surface area contributed by atoms with Crippen LogP contribution in [0.25, 0.3) is 16.9 Å². The van der Waals surface area contributed by atoms with Crippen LogP contribution in [0.3, 0.4) is 0 Å². The van der Waals surface area contributed by atoms with Crippen molar-refractivity contribution < 1.29 is 19.1 Å². The lowest BCUT2D eigenvalue weighted by Crippen LogP contribution is -2.16. The molecule has 9 heteroatoms. The van der Waals surface area contributed by atoms with Gasteiger partial charge >= 0.3 is 7.60 Å². The maximum atomic E-state index is 11.2. The van der Waals surface area contributed by atoms with Gasteiger partial charge in [0.05, 0.1) is 12.8 Å². The van der Waals surface area contributed by atoms with Crippen molar-refractivity contribution in [2.75, 3.05) is 12.8 Å². The first kappa shape index (κ1) is 20.0. The minimum absolute atomic E-state index is 0.0119. The van der Waals surface area contributed by atoms with Gasteiger partial charge in [-0.15, -0.1) is 0 Å². The number of ether oxygens (including phenoxy) is 1. The Labute approximate surface area is 169 Å². The highest BCUT2D eigenvalue weighted by molar-refractivity contribution is 7.51. The average Bonchev–Trinajstić information content (AvgIpc) is 3.13. The molecule has 0 saturated heterocycles. The normalized spacial score (nSPS) is 20.1. The summed E-state index contributed by atoms with van der Waals surface area (Å²) in [6.07, 6.45) is 6.87. The van der Waals surface area contributed by atoms with Gasteiger partial charge in [-0.05, 0) is 62.1 Å². The molecule has 1 saturated carbocycles. The summed E-state index contributed by atoms with van der Waals surface area (Å²) in [5, 5.41) is 0. The van der Waals surface area contributed by atoms with E-state index in [9.17, 15) is 14.4 Å². The summed E-state index contributed by atoms with van der Waals surface area (Å²) in [5.41, 5.74) is 3.57. The smallest absolute Gasteiger partial charge is 0.325 e. The third-order valence-corrected chi connectivity index (χ3v) is 6.56. The topological polar surface area (TPSA) is 110 Å². The zero-order chi connectivity index (χ0) is 20.4. The van der Waals surface area contributed by atoms with E-state index in [4.69, 9.17) is 4.74 Å². The summed E-state index contributed by atoms with van der Waals surface area (Å²) >= 11 is 0. The largest absolute Gasteiger partial charge is 0.476 e. The van der Waals surface area contributed by atoms with E-state index in [0.29, 0.717) is 29.6 Å². The highest BCUT2D eigenvalue weighted by Gasteiger charge is 2.27. The summed E-state index contributed by atoms with van der Waals surface area (Å²) in [4.78, 5) is 31.3. The minimum atomic E-state index is -3.92. The number of nitrogens with zero attached hydrogens (tertiary/aromatic N) is 4. The summed E-state index contributed by atoms with van der Waals surface area (Å²) in [6.45, 7) is 2.42. The average molecular weight is 416 g/mol. The molecule has 2 aromatic heterocycles. The Morgan fingerprint density at radius 1 is 1.10 bits per heavy atom. The van der Waals surface area contributed by atoms with E-state index in [1.807, 2.05) is 11.5 Å². The molecule has 0 bridgehead atoms. The number of rotatable bonds is 6. The van der Waals surface area contributed by atoms with Crippen molar-refractivity contribution in [3.05, 3.63) is 42.5 Å². The Morgan fingerprint density at radius 2 is 1.83 bits per heavy atom. The van der Waals surface area contributed by atoms with Crippen LogP contribution >= 0.6 is 7.60 Å². The van der Waals surface area contributed by atoms with Crippen LogP contribution in [0.1, 0.15) is 44.1 Å². The van der Waals surface area contributed by atoms with Gasteiger partial charge in [0.2, 0.25) is 5.88 Å². The van der Waals surface area contributed by atoms with Crippen LogP contribution in [-0.2, 0) is 4.57 Å². The molecule has 0 aliphatic heterocycles. The number of hydrogen-bond donors (Lipinski definition) is 2. The van der Waals surface area contributed by atoms with Gasteiger partial charge in [0.1, 0.15) is 12.7 Å².